The number of anilines is 1. The van der Waals surface area contributed by atoms with Crippen LogP contribution in [-0.2, 0) is 9.59 Å². The summed E-state index contributed by atoms with van der Waals surface area (Å²) in [4.78, 5) is 22.8. The fraction of sp³-hybridized carbons (Fsp3) is 0.273. The van der Waals surface area contributed by atoms with Gasteiger partial charge in [0.05, 0.1) is 5.02 Å². The number of hydrogen-bond donors (Lipinski definition) is 2. The zero-order valence-corrected chi connectivity index (χ0v) is 11.1. The van der Waals surface area contributed by atoms with Gasteiger partial charge in [0, 0.05) is 16.6 Å². The highest BCUT2D eigenvalue weighted by molar-refractivity contribution is 9.10. The van der Waals surface area contributed by atoms with E-state index in [1.165, 1.54) is 0 Å². The standard InChI is InChI=1S/C11H10BrClN2O2/c12-7-2-1-6(5-8(7)13)14-11(17)9-3-4-10(16)15-9/h1-2,5,9H,3-4H2,(H,14,17)(H,15,16)/t9-/m0/s1. The summed E-state index contributed by atoms with van der Waals surface area (Å²) in [6.45, 7) is 0. The van der Waals surface area contributed by atoms with Crippen LogP contribution in [0.15, 0.2) is 22.7 Å². The van der Waals surface area contributed by atoms with Gasteiger partial charge in [-0.25, -0.2) is 0 Å². The second-order valence-electron chi connectivity index (χ2n) is 3.78. The second-order valence-corrected chi connectivity index (χ2v) is 5.04. The molecular weight excluding hydrogens is 307 g/mol. The van der Waals surface area contributed by atoms with E-state index in [2.05, 4.69) is 26.6 Å². The molecule has 1 aliphatic rings. The summed E-state index contributed by atoms with van der Waals surface area (Å²) in [6.07, 6.45) is 0.939. The summed E-state index contributed by atoms with van der Waals surface area (Å²) >= 11 is 9.18. The van der Waals surface area contributed by atoms with Crippen LogP contribution < -0.4 is 10.6 Å². The van der Waals surface area contributed by atoms with Gasteiger partial charge >= 0.3 is 0 Å². The number of rotatable bonds is 2. The van der Waals surface area contributed by atoms with Crippen molar-refractivity contribution < 1.29 is 9.59 Å². The minimum atomic E-state index is -0.440. The molecule has 0 radical (unpaired) electrons. The largest absolute Gasteiger partial charge is 0.344 e. The molecule has 2 N–H and O–H groups in total. The van der Waals surface area contributed by atoms with Gasteiger partial charge in [-0.15, -0.1) is 0 Å². The second kappa shape index (κ2) is 5.06. The number of nitrogens with one attached hydrogen (secondary N) is 2. The van der Waals surface area contributed by atoms with Gasteiger partial charge in [-0.2, -0.15) is 0 Å². The molecular formula is C11H10BrClN2O2. The van der Waals surface area contributed by atoms with Gasteiger partial charge in [0.15, 0.2) is 0 Å². The number of carbonyl (C=O) groups is 2. The normalized spacial score (nSPS) is 18.9. The molecule has 1 atom stereocenters. The van der Waals surface area contributed by atoms with Gasteiger partial charge < -0.3 is 10.6 Å². The average Bonchev–Trinajstić information content (AvgIpc) is 2.70. The van der Waals surface area contributed by atoms with E-state index in [-0.39, 0.29) is 11.8 Å². The summed E-state index contributed by atoms with van der Waals surface area (Å²) in [6, 6.07) is 4.71. The van der Waals surface area contributed by atoms with Gasteiger partial charge in [0.25, 0.3) is 0 Å². The smallest absolute Gasteiger partial charge is 0.246 e. The van der Waals surface area contributed by atoms with Crippen LogP contribution in [0, 0.1) is 0 Å². The molecule has 0 aromatic heterocycles. The molecule has 4 nitrogen and oxygen atoms in total. The van der Waals surface area contributed by atoms with E-state index >= 15 is 0 Å². The molecule has 1 aliphatic heterocycles. The Morgan fingerprint density at radius 3 is 2.88 bits per heavy atom. The Labute approximate surface area is 112 Å². The van der Waals surface area contributed by atoms with E-state index in [1.54, 1.807) is 18.2 Å². The Hall–Kier alpha value is -1.07. The van der Waals surface area contributed by atoms with E-state index in [1.807, 2.05) is 0 Å². The van der Waals surface area contributed by atoms with Crippen LogP contribution in [-0.4, -0.2) is 17.9 Å². The molecule has 1 saturated heterocycles. The number of hydrogen-bond acceptors (Lipinski definition) is 2. The lowest BCUT2D eigenvalue weighted by molar-refractivity contribution is -0.122. The Morgan fingerprint density at radius 1 is 1.53 bits per heavy atom. The monoisotopic (exact) mass is 316 g/mol. The molecule has 17 heavy (non-hydrogen) atoms. The lowest BCUT2D eigenvalue weighted by atomic mass is 10.2. The Morgan fingerprint density at radius 2 is 2.29 bits per heavy atom. The molecule has 1 aromatic carbocycles. The third-order valence-electron chi connectivity index (χ3n) is 2.50. The maximum Gasteiger partial charge on any atom is 0.246 e. The minimum Gasteiger partial charge on any atom is -0.344 e. The molecule has 2 amide bonds. The molecule has 90 valence electrons. The number of benzene rings is 1. The van der Waals surface area contributed by atoms with Crippen LogP contribution in [0.2, 0.25) is 5.02 Å². The van der Waals surface area contributed by atoms with Crippen molar-refractivity contribution in [3.8, 4) is 0 Å². The highest BCUT2D eigenvalue weighted by Gasteiger charge is 2.27. The van der Waals surface area contributed by atoms with E-state index in [4.69, 9.17) is 11.6 Å². The topological polar surface area (TPSA) is 58.2 Å². The molecule has 0 bridgehead atoms. The van der Waals surface area contributed by atoms with Gasteiger partial charge in [0.2, 0.25) is 11.8 Å². The molecule has 0 saturated carbocycles. The number of amides is 2. The van der Waals surface area contributed by atoms with Crippen molar-refractivity contribution >= 4 is 45.0 Å². The maximum absolute atomic E-state index is 11.8. The lowest BCUT2D eigenvalue weighted by Gasteiger charge is -2.11. The first-order chi connectivity index (χ1) is 8.06. The van der Waals surface area contributed by atoms with Gasteiger partial charge in [-0.1, -0.05) is 11.6 Å². The first-order valence-corrected chi connectivity index (χ1v) is 6.28. The molecule has 0 spiro atoms. The van der Waals surface area contributed by atoms with Crippen molar-refractivity contribution in [1.29, 1.82) is 0 Å². The van der Waals surface area contributed by atoms with Crippen molar-refractivity contribution in [2.24, 2.45) is 0 Å². The highest BCUT2D eigenvalue weighted by atomic mass is 79.9. The number of carbonyl (C=O) groups excluding carboxylic acids is 2. The van der Waals surface area contributed by atoms with E-state index in [9.17, 15) is 9.59 Å². The zero-order valence-electron chi connectivity index (χ0n) is 8.80. The summed E-state index contributed by atoms with van der Waals surface area (Å²) < 4.78 is 0.770. The predicted octanol–water partition coefficient (Wildman–Crippen LogP) is 2.32. The molecule has 1 heterocycles. The van der Waals surface area contributed by atoms with Crippen LogP contribution in [0.1, 0.15) is 12.8 Å². The van der Waals surface area contributed by atoms with Crippen molar-refractivity contribution in [3.63, 3.8) is 0 Å². The maximum atomic E-state index is 11.8. The summed E-state index contributed by atoms with van der Waals surface area (Å²) in [5.74, 6) is -0.298. The van der Waals surface area contributed by atoms with E-state index in [0.29, 0.717) is 23.6 Å². The van der Waals surface area contributed by atoms with Crippen molar-refractivity contribution in [1.82, 2.24) is 5.32 Å². The van der Waals surface area contributed by atoms with Crippen LogP contribution in [0.4, 0.5) is 5.69 Å². The van der Waals surface area contributed by atoms with Crippen LogP contribution >= 0.6 is 27.5 Å². The SMILES string of the molecule is O=C1CC[C@@H](C(=O)Nc2ccc(Br)c(Cl)c2)N1. The zero-order chi connectivity index (χ0) is 12.4. The Bertz CT molecular complexity index is 479. The Balaban J connectivity index is 2.03. The van der Waals surface area contributed by atoms with Gasteiger partial charge in [-0.05, 0) is 40.5 Å². The quantitative estimate of drug-likeness (QED) is 0.879. The first-order valence-electron chi connectivity index (χ1n) is 5.11. The first kappa shape index (κ1) is 12.4. The van der Waals surface area contributed by atoms with Crippen molar-refractivity contribution in [2.75, 3.05) is 5.32 Å². The van der Waals surface area contributed by atoms with Crippen LogP contribution in [0.25, 0.3) is 0 Å². The number of halogens is 2. The predicted molar refractivity (Wildman–Crippen MR) is 68.9 cm³/mol. The molecule has 6 heteroatoms. The summed E-state index contributed by atoms with van der Waals surface area (Å²) in [5, 5.41) is 5.85. The average molecular weight is 318 g/mol. The van der Waals surface area contributed by atoms with Crippen LogP contribution in [0.3, 0.4) is 0 Å². The third-order valence-corrected chi connectivity index (χ3v) is 3.73. The fourth-order valence-corrected chi connectivity index (χ4v) is 2.04. The lowest BCUT2D eigenvalue weighted by Crippen LogP contribution is -2.37. The van der Waals surface area contributed by atoms with E-state index < -0.39 is 6.04 Å². The minimum absolute atomic E-state index is 0.0843. The van der Waals surface area contributed by atoms with Crippen molar-refractivity contribution in [2.45, 2.75) is 18.9 Å². The molecule has 1 aromatic rings. The van der Waals surface area contributed by atoms with Crippen LogP contribution in [0.5, 0.6) is 0 Å². The summed E-state index contributed by atoms with van der Waals surface area (Å²) in [5.41, 5.74) is 0.615. The van der Waals surface area contributed by atoms with Gasteiger partial charge in [-0.3, -0.25) is 9.59 Å². The Kier molecular flexibility index (Phi) is 3.69. The molecule has 2 rings (SSSR count). The summed E-state index contributed by atoms with van der Waals surface area (Å²) in [7, 11) is 0. The third kappa shape index (κ3) is 2.98. The highest BCUT2D eigenvalue weighted by Crippen LogP contribution is 2.25. The molecule has 1 fully saturated rings. The van der Waals surface area contributed by atoms with E-state index in [0.717, 1.165) is 4.47 Å². The van der Waals surface area contributed by atoms with Gasteiger partial charge in [0.1, 0.15) is 6.04 Å². The fourth-order valence-electron chi connectivity index (χ4n) is 1.61. The molecule has 0 aliphatic carbocycles. The van der Waals surface area contributed by atoms with Crippen molar-refractivity contribution in [3.05, 3.63) is 27.7 Å². The molecule has 0 unspecified atom stereocenters.